The Morgan fingerprint density at radius 1 is 0.411 bits per heavy atom. The van der Waals surface area contributed by atoms with Crippen molar-refractivity contribution in [2.45, 2.75) is 98.2 Å². The number of anilines is 3. The highest BCUT2D eigenvalue weighted by Crippen LogP contribution is 2.36. The molecule has 12 heterocycles. The van der Waals surface area contributed by atoms with E-state index >= 15 is 0 Å². The van der Waals surface area contributed by atoms with E-state index in [1.807, 2.05) is 57.2 Å². The standard InChI is InChI=1S/3C22H30N4O3.3H2S/c3*1-15-11-18(12-21(24-15)27-3)23-13-17-5-4-8-26(14-17)16(2)19-6-7-20-22(25-19)29-10-9-28-20;;;/h3*6-7,11-12,16-17H,4-5,8-10,13-14H2,1-3H3,(H,23,24);3*1H2/t16?,17-;16-,17+;16-,17-;;;/m010.../s1. The first kappa shape index (κ1) is 70.9. The molecule has 6 atom stereocenters. The third-order valence-electron chi connectivity index (χ3n) is 17.1. The van der Waals surface area contributed by atoms with Crippen molar-refractivity contribution in [1.29, 1.82) is 0 Å². The van der Waals surface area contributed by atoms with Crippen LogP contribution in [0.1, 0.15) is 112 Å². The maximum atomic E-state index is 5.66. The van der Waals surface area contributed by atoms with Gasteiger partial charge in [-0.05, 0) is 172 Å². The second-order valence-corrected chi connectivity index (χ2v) is 23.5. The fourth-order valence-electron chi connectivity index (χ4n) is 12.3. The van der Waals surface area contributed by atoms with Crippen molar-refractivity contribution >= 4 is 57.5 Å². The van der Waals surface area contributed by atoms with E-state index in [0.29, 0.717) is 92.7 Å². The quantitative estimate of drug-likeness (QED) is 0.0731. The topological polar surface area (TPSA) is 206 Å². The summed E-state index contributed by atoms with van der Waals surface area (Å²) in [6, 6.07) is 24.9. The summed E-state index contributed by atoms with van der Waals surface area (Å²) in [4.78, 5) is 34.7. The molecule has 6 aromatic rings. The Morgan fingerprint density at radius 3 is 0.967 bits per heavy atom. The molecule has 6 aliphatic heterocycles. The van der Waals surface area contributed by atoms with E-state index in [4.69, 9.17) is 57.6 Å². The van der Waals surface area contributed by atoms with Gasteiger partial charge < -0.3 is 58.6 Å². The van der Waals surface area contributed by atoms with Gasteiger partial charge in [-0.2, -0.15) is 40.5 Å². The Labute approximate surface area is 553 Å². The van der Waals surface area contributed by atoms with Gasteiger partial charge in [-0.25, -0.2) is 29.9 Å². The van der Waals surface area contributed by atoms with E-state index in [2.05, 4.69) is 103 Å². The molecule has 6 aromatic heterocycles. The highest BCUT2D eigenvalue weighted by Gasteiger charge is 2.30. The molecule has 0 amide bonds. The summed E-state index contributed by atoms with van der Waals surface area (Å²) in [5.41, 5.74) is 9.17. The minimum atomic E-state index is 0. The molecule has 0 saturated carbocycles. The number of fused-ring (bicyclic) bond motifs is 3. The summed E-state index contributed by atoms with van der Waals surface area (Å²) in [5.74, 6) is 7.81. The number of rotatable bonds is 18. The number of likely N-dealkylation sites (tertiary alicyclic amines) is 3. The van der Waals surface area contributed by atoms with E-state index < -0.39 is 0 Å². The first-order valence-electron chi connectivity index (χ1n) is 31.2. The van der Waals surface area contributed by atoms with Crippen LogP contribution in [0.3, 0.4) is 0 Å². The first-order chi connectivity index (χ1) is 42.4. The number of methoxy groups -OCH3 is 3. The maximum absolute atomic E-state index is 5.66. The molecule has 492 valence electrons. The minimum Gasteiger partial charge on any atom is -0.484 e. The third-order valence-corrected chi connectivity index (χ3v) is 17.1. The Bertz CT molecular complexity index is 2880. The van der Waals surface area contributed by atoms with Gasteiger partial charge >= 0.3 is 0 Å². The van der Waals surface area contributed by atoms with Gasteiger partial charge in [0.1, 0.15) is 39.6 Å². The van der Waals surface area contributed by atoms with Crippen LogP contribution in [0.25, 0.3) is 0 Å². The van der Waals surface area contributed by atoms with E-state index in [1.54, 1.807) is 21.3 Å². The predicted molar refractivity (Wildman–Crippen MR) is 367 cm³/mol. The van der Waals surface area contributed by atoms with Crippen LogP contribution in [-0.4, -0.2) is 164 Å². The Kier molecular flexibility index (Phi) is 27.4. The van der Waals surface area contributed by atoms with Crippen LogP contribution in [0, 0.1) is 38.5 Å². The lowest BCUT2D eigenvalue weighted by Crippen LogP contribution is -2.39. The van der Waals surface area contributed by atoms with Crippen LogP contribution in [0.2, 0.25) is 0 Å². The van der Waals surface area contributed by atoms with Gasteiger partial charge in [0.05, 0.1) is 38.4 Å². The summed E-state index contributed by atoms with van der Waals surface area (Å²) < 4.78 is 49.6. The number of piperidine rings is 3. The molecule has 3 saturated heterocycles. The molecule has 21 nitrogen and oxygen atoms in total. The average molecular weight is 1300 g/mol. The average Bonchev–Trinajstić information content (AvgIpc) is 1.33. The van der Waals surface area contributed by atoms with Crippen LogP contribution in [0.15, 0.2) is 72.8 Å². The molecule has 0 spiro atoms. The highest BCUT2D eigenvalue weighted by molar-refractivity contribution is 7.59. The van der Waals surface area contributed by atoms with Gasteiger partial charge in [-0.15, -0.1) is 0 Å². The summed E-state index contributed by atoms with van der Waals surface area (Å²) >= 11 is 0. The summed E-state index contributed by atoms with van der Waals surface area (Å²) in [7, 11) is 4.95. The lowest BCUT2D eigenvalue weighted by molar-refractivity contribution is 0.131. The van der Waals surface area contributed by atoms with Crippen LogP contribution in [0.4, 0.5) is 17.1 Å². The summed E-state index contributed by atoms with van der Waals surface area (Å²) in [6.07, 6.45) is 7.27. The number of hydrogen-bond donors (Lipinski definition) is 3. The Morgan fingerprint density at radius 2 is 0.689 bits per heavy atom. The molecule has 90 heavy (non-hydrogen) atoms. The van der Waals surface area contributed by atoms with Gasteiger partial charge in [-0.1, -0.05) is 0 Å². The number of aryl methyl sites for hydroxylation is 3. The lowest BCUT2D eigenvalue weighted by Gasteiger charge is -2.37. The number of aromatic nitrogens is 6. The van der Waals surface area contributed by atoms with Gasteiger partial charge in [0.25, 0.3) is 17.6 Å². The zero-order valence-corrected chi connectivity index (χ0v) is 56.9. The van der Waals surface area contributed by atoms with Crippen LogP contribution in [-0.2, 0) is 0 Å². The van der Waals surface area contributed by atoms with Gasteiger partial charge in [0.2, 0.25) is 17.6 Å². The largest absolute Gasteiger partial charge is 0.484 e. The molecule has 0 aliphatic carbocycles. The summed E-state index contributed by atoms with van der Waals surface area (Å²) in [6.45, 7) is 25.3. The van der Waals surface area contributed by atoms with Crippen molar-refractivity contribution in [2.75, 3.05) is 136 Å². The van der Waals surface area contributed by atoms with Gasteiger partial charge in [0, 0.05) is 110 Å². The maximum Gasteiger partial charge on any atom is 0.257 e. The zero-order chi connectivity index (χ0) is 60.7. The van der Waals surface area contributed by atoms with Crippen LogP contribution < -0.4 is 58.6 Å². The predicted octanol–water partition coefficient (Wildman–Crippen LogP) is 10.7. The van der Waals surface area contributed by atoms with Crippen molar-refractivity contribution in [3.63, 3.8) is 0 Å². The molecule has 3 fully saturated rings. The van der Waals surface area contributed by atoms with E-state index in [0.717, 1.165) is 127 Å². The third kappa shape index (κ3) is 19.5. The smallest absolute Gasteiger partial charge is 0.257 e. The van der Waals surface area contributed by atoms with E-state index in [9.17, 15) is 0 Å². The molecule has 0 aromatic carbocycles. The number of nitrogens with one attached hydrogen (secondary N) is 3. The molecule has 0 bridgehead atoms. The molecule has 3 N–H and O–H groups in total. The number of hydrogen-bond acceptors (Lipinski definition) is 21. The van der Waals surface area contributed by atoms with Gasteiger partial charge in [-0.3, -0.25) is 14.7 Å². The molecular weight excluding hydrogens is 1200 g/mol. The zero-order valence-electron chi connectivity index (χ0n) is 53.9. The fraction of sp³-hybridized carbons (Fsp3) is 0.545. The van der Waals surface area contributed by atoms with Gasteiger partial charge in [0.15, 0.2) is 17.2 Å². The van der Waals surface area contributed by atoms with Crippen LogP contribution >= 0.6 is 40.5 Å². The van der Waals surface area contributed by atoms with Crippen molar-refractivity contribution in [1.82, 2.24) is 44.6 Å². The van der Waals surface area contributed by atoms with Crippen molar-refractivity contribution in [2.24, 2.45) is 17.8 Å². The van der Waals surface area contributed by atoms with Crippen molar-refractivity contribution in [3.8, 4) is 52.5 Å². The van der Waals surface area contributed by atoms with E-state index in [-0.39, 0.29) is 58.6 Å². The van der Waals surface area contributed by atoms with Crippen molar-refractivity contribution in [3.05, 3.63) is 107 Å². The number of pyridine rings is 6. The molecule has 12 rings (SSSR count). The molecule has 1 unspecified atom stereocenters. The Hall–Kier alpha value is -6.57. The second-order valence-electron chi connectivity index (χ2n) is 23.5. The Balaban J connectivity index is 0.000000189. The molecule has 6 aliphatic rings. The monoisotopic (exact) mass is 1300 g/mol. The SMILES string of the molecule is COc1cc(NC[C@@H]2CCCN(C(C)c3ccc4c(n3)OCCO4)C2)cc(C)n1.COc1cc(NC[C@@H]2CCCN([C@@H](C)c3ccc4c(n3)OCCO4)C2)cc(C)n1.COc1cc(NC[C@@H]2CCCN([C@H](C)c3ccc4c(n3)OCCO4)C2)cc(C)n1.S.S.S. The minimum absolute atomic E-state index is 0. The second kappa shape index (κ2) is 34.7. The van der Waals surface area contributed by atoms with Crippen molar-refractivity contribution < 1.29 is 42.6 Å². The molecule has 24 heteroatoms. The lowest BCUT2D eigenvalue weighted by atomic mass is 9.96. The molecule has 0 radical (unpaired) electrons. The molecular formula is C66H96N12O9S3. The highest BCUT2D eigenvalue weighted by atomic mass is 32.1. The van der Waals surface area contributed by atoms with Crippen LogP contribution in [0.5, 0.6) is 52.5 Å². The normalized spacial score (nSPS) is 19.5. The first-order valence-corrected chi connectivity index (χ1v) is 31.2. The fourth-order valence-corrected chi connectivity index (χ4v) is 12.3. The number of nitrogens with zero attached hydrogens (tertiary/aromatic N) is 9. The summed E-state index contributed by atoms with van der Waals surface area (Å²) in [5, 5.41) is 10.7. The number of ether oxygens (including phenoxy) is 9. The van der Waals surface area contributed by atoms with E-state index in [1.165, 1.54) is 38.5 Å².